The lowest BCUT2D eigenvalue weighted by Gasteiger charge is -2.16. The maximum Gasteiger partial charge on any atom is 0.320 e. The lowest BCUT2D eigenvalue weighted by Crippen LogP contribution is -2.37. The van der Waals surface area contributed by atoms with Gasteiger partial charge in [0.25, 0.3) is 0 Å². The molecule has 0 fully saturated rings. The minimum absolute atomic E-state index is 0. The third kappa shape index (κ3) is 6.35. The Morgan fingerprint density at radius 2 is 1.57 bits per heavy atom. The quantitative estimate of drug-likeness (QED) is 0.282. The van der Waals surface area contributed by atoms with E-state index < -0.39 is 12.0 Å². The van der Waals surface area contributed by atoms with Crippen LogP contribution in [0, 0.1) is 12.8 Å². The van der Waals surface area contributed by atoms with E-state index >= 15 is 0 Å². The molecule has 0 radical (unpaired) electrons. The fourth-order valence-corrected chi connectivity index (χ4v) is 4.04. The normalized spacial score (nSPS) is 11.8. The van der Waals surface area contributed by atoms with Gasteiger partial charge in [0.15, 0.2) is 0 Å². The van der Waals surface area contributed by atoms with Crippen molar-refractivity contribution in [2.75, 3.05) is 0 Å². The highest BCUT2D eigenvalue weighted by Crippen LogP contribution is 2.32. The number of rotatable bonds is 9. The van der Waals surface area contributed by atoms with E-state index in [1.807, 2.05) is 68.4 Å². The Labute approximate surface area is 211 Å². The predicted molar refractivity (Wildman–Crippen MR) is 140 cm³/mol. The third-order valence-electron chi connectivity index (χ3n) is 5.81. The summed E-state index contributed by atoms with van der Waals surface area (Å²) >= 11 is 0. The molecular weight excluding hydrogens is 462 g/mol. The molecule has 2 N–H and O–H groups in total. The van der Waals surface area contributed by atoms with Gasteiger partial charge >= 0.3 is 5.97 Å². The molecule has 0 amide bonds. The number of hydrogen-bond donors (Lipinski definition) is 2. The first-order valence-corrected chi connectivity index (χ1v) is 11.5. The molecule has 3 aromatic carbocycles. The maximum atomic E-state index is 11.5. The average molecular weight is 492 g/mol. The molecule has 7 heteroatoms. The van der Waals surface area contributed by atoms with Crippen LogP contribution in [0.1, 0.15) is 31.4 Å². The van der Waals surface area contributed by atoms with Crippen LogP contribution >= 0.6 is 12.4 Å². The molecule has 6 nitrogen and oxygen atoms in total. The number of carboxylic acids is 1. The van der Waals surface area contributed by atoms with Crippen LogP contribution in [-0.2, 0) is 11.3 Å². The molecule has 4 aromatic rings. The van der Waals surface area contributed by atoms with Crippen molar-refractivity contribution in [3.63, 3.8) is 0 Å². The molecule has 0 aliphatic rings. The largest absolute Gasteiger partial charge is 0.480 e. The lowest BCUT2D eigenvalue weighted by atomic mass is 9.96. The molecule has 1 unspecified atom stereocenters. The minimum Gasteiger partial charge on any atom is -0.480 e. The van der Waals surface area contributed by atoms with Crippen molar-refractivity contribution in [3.05, 3.63) is 83.9 Å². The van der Waals surface area contributed by atoms with Gasteiger partial charge in [-0.15, -0.1) is 22.6 Å². The summed E-state index contributed by atoms with van der Waals surface area (Å²) in [6, 6.07) is 23.4. The van der Waals surface area contributed by atoms with Gasteiger partial charge in [-0.05, 0) is 59.7 Å². The van der Waals surface area contributed by atoms with E-state index in [2.05, 4.69) is 40.6 Å². The molecule has 182 valence electrons. The van der Waals surface area contributed by atoms with Crippen molar-refractivity contribution in [2.45, 2.75) is 39.8 Å². The van der Waals surface area contributed by atoms with Crippen LogP contribution in [0.3, 0.4) is 0 Å². The molecule has 4 rings (SSSR count). The van der Waals surface area contributed by atoms with Gasteiger partial charge in [0.1, 0.15) is 6.04 Å². The zero-order valence-electron chi connectivity index (χ0n) is 20.1. The van der Waals surface area contributed by atoms with Gasteiger partial charge in [0.2, 0.25) is 11.8 Å². The molecule has 0 saturated carbocycles. The van der Waals surface area contributed by atoms with E-state index in [1.165, 1.54) is 0 Å². The zero-order chi connectivity index (χ0) is 24.1. The number of carboxylic acid groups (broad SMARTS) is 1. The number of aliphatic carboxylic acids is 1. The van der Waals surface area contributed by atoms with Gasteiger partial charge in [-0.1, -0.05) is 68.4 Å². The van der Waals surface area contributed by atoms with Gasteiger partial charge in [-0.25, -0.2) is 0 Å². The molecule has 0 saturated heterocycles. The van der Waals surface area contributed by atoms with Crippen molar-refractivity contribution >= 4 is 18.4 Å². The molecule has 0 bridgehead atoms. The second-order valence-electron chi connectivity index (χ2n) is 8.86. The smallest absolute Gasteiger partial charge is 0.320 e. The summed E-state index contributed by atoms with van der Waals surface area (Å²) in [7, 11) is 0. The zero-order valence-corrected chi connectivity index (χ0v) is 20.9. The van der Waals surface area contributed by atoms with Crippen LogP contribution < -0.4 is 5.32 Å². The molecule has 0 aliphatic heterocycles. The van der Waals surface area contributed by atoms with E-state index in [-0.39, 0.29) is 12.4 Å². The summed E-state index contributed by atoms with van der Waals surface area (Å²) in [5, 5.41) is 21.2. The molecule has 1 aromatic heterocycles. The molecule has 0 aliphatic carbocycles. The molecule has 35 heavy (non-hydrogen) atoms. The maximum absolute atomic E-state index is 11.5. The van der Waals surface area contributed by atoms with Crippen molar-refractivity contribution in [2.24, 2.45) is 5.92 Å². The molecule has 0 spiro atoms. The highest BCUT2D eigenvalue weighted by atomic mass is 35.5. The van der Waals surface area contributed by atoms with Crippen LogP contribution in [0.15, 0.2) is 77.2 Å². The van der Waals surface area contributed by atoms with Crippen molar-refractivity contribution in [1.82, 2.24) is 15.5 Å². The van der Waals surface area contributed by atoms with E-state index in [1.54, 1.807) is 0 Å². The summed E-state index contributed by atoms with van der Waals surface area (Å²) < 4.78 is 6.06. The molecular formula is C28H30ClN3O3. The highest BCUT2D eigenvalue weighted by Gasteiger charge is 2.19. The van der Waals surface area contributed by atoms with Gasteiger partial charge < -0.3 is 14.8 Å². The summed E-state index contributed by atoms with van der Waals surface area (Å²) in [4.78, 5) is 11.5. The standard InChI is InChI=1S/C28H29N3O3.ClH/c1-18(2)15-25(28(32)33)29-17-20-9-7-12-22(16-20)26-30-31-27(34-26)24-14-8-13-23(19(24)3)21-10-5-4-6-11-21;/h4-14,16,18,25,29H,15,17H2,1-3H3,(H,32,33);1H. The second-order valence-corrected chi connectivity index (χ2v) is 8.86. The predicted octanol–water partition coefficient (Wildman–Crippen LogP) is 6.39. The van der Waals surface area contributed by atoms with Gasteiger partial charge in [0.05, 0.1) is 0 Å². The number of hydrogen-bond acceptors (Lipinski definition) is 5. The summed E-state index contributed by atoms with van der Waals surface area (Å²) in [6.45, 7) is 6.53. The Kier molecular flexibility index (Phi) is 8.79. The Morgan fingerprint density at radius 3 is 2.29 bits per heavy atom. The topological polar surface area (TPSA) is 88.2 Å². The van der Waals surface area contributed by atoms with Crippen LogP contribution in [0.2, 0.25) is 0 Å². The Morgan fingerprint density at radius 1 is 0.914 bits per heavy atom. The fourth-order valence-electron chi connectivity index (χ4n) is 4.04. The van der Waals surface area contributed by atoms with Crippen molar-refractivity contribution in [3.8, 4) is 34.0 Å². The van der Waals surface area contributed by atoms with Crippen LogP contribution in [-0.4, -0.2) is 27.3 Å². The Balaban J connectivity index is 0.00000342. The van der Waals surface area contributed by atoms with Crippen LogP contribution in [0.4, 0.5) is 0 Å². The van der Waals surface area contributed by atoms with Crippen LogP contribution in [0.5, 0.6) is 0 Å². The number of nitrogens with one attached hydrogen (secondary N) is 1. The number of aromatic nitrogens is 2. The number of halogens is 1. The number of benzene rings is 3. The van der Waals surface area contributed by atoms with Crippen molar-refractivity contribution in [1.29, 1.82) is 0 Å². The second kappa shape index (κ2) is 11.8. The van der Waals surface area contributed by atoms with Gasteiger partial charge in [0, 0.05) is 17.7 Å². The fraction of sp³-hybridized carbons (Fsp3) is 0.250. The Bertz CT molecular complexity index is 1270. The summed E-state index contributed by atoms with van der Waals surface area (Å²) in [5.74, 6) is 0.357. The minimum atomic E-state index is -0.834. The van der Waals surface area contributed by atoms with Gasteiger partial charge in [-0.2, -0.15) is 0 Å². The first-order valence-electron chi connectivity index (χ1n) is 11.5. The van der Waals surface area contributed by atoms with E-state index in [9.17, 15) is 9.90 Å². The van der Waals surface area contributed by atoms with Crippen molar-refractivity contribution < 1.29 is 14.3 Å². The number of carbonyl (C=O) groups is 1. The van der Waals surface area contributed by atoms with E-state index in [4.69, 9.17) is 4.42 Å². The SMILES string of the molecule is Cc1c(-c2ccccc2)cccc1-c1nnc(-c2cccc(CNC(CC(C)C)C(=O)O)c2)o1.Cl. The van der Waals surface area contributed by atoms with E-state index in [0.717, 1.165) is 33.4 Å². The summed E-state index contributed by atoms with van der Waals surface area (Å²) in [6.07, 6.45) is 0.573. The Hall–Kier alpha value is -3.48. The molecule has 1 atom stereocenters. The van der Waals surface area contributed by atoms with Gasteiger partial charge in [-0.3, -0.25) is 4.79 Å². The average Bonchev–Trinajstić information content (AvgIpc) is 3.32. The number of nitrogens with zero attached hydrogens (tertiary/aromatic N) is 2. The van der Waals surface area contributed by atoms with Crippen LogP contribution in [0.25, 0.3) is 34.0 Å². The first kappa shape index (κ1) is 26.1. The first-order chi connectivity index (χ1) is 16.4. The van der Waals surface area contributed by atoms with E-state index in [0.29, 0.717) is 30.7 Å². The lowest BCUT2D eigenvalue weighted by molar-refractivity contribution is -0.140. The third-order valence-corrected chi connectivity index (χ3v) is 5.81. The highest BCUT2D eigenvalue weighted by molar-refractivity contribution is 5.85. The monoisotopic (exact) mass is 491 g/mol. The molecule has 1 heterocycles. The summed E-state index contributed by atoms with van der Waals surface area (Å²) in [5.41, 5.74) is 5.99.